The van der Waals surface area contributed by atoms with Gasteiger partial charge in [-0.2, -0.15) is 0 Å². The molecule has 0 aliphatic heterocycles. The molecule has 7 heteroatoms. The van der Waals surface area contributed by atoms with Crippen LogP contribution in [0.1, 0.15) is 22.8 Å². The molecule has 3 rings (SSSR count). The molecule has 2 amide bonds. The minimum Gasteiger partial charge on any atom is -0.481 e. The zero-order chi connectivity index (χ0) is 21.7. The van der Waals surface area contributed by atoms with Crippen LogP contribution in [0, 0.1) is 6.92 Å². The van der Waals surface area contributed by atoms with Crippen molar-refractivity contribution in [3.8, 4) is 5.75 Å². The van der Waals surface area contributed by atoms with Gasteiger partial charge < -0.3 is 15.4 Å². The van der Waals surface area contributed by atoms with E-state index >= 15 is 0 Å². The van der Waals surface area contributed by atoms with E-state index in [0.717, 1.165) is 5.56 Å². The molecule has 1 atom stereocenters. The summed E-state index contributed by atoms with van der Waals surface area (Å²) >= 11 is 11.8. The van der Waals surface area contributed by atoms with E-state index in [1.165, 1.54) is 0 Å². The smallest absolute Gasteiger partial charge is 0.265 e. The van der Waals surface area contributed by atoms with Crippen LogP contribution in [0.4, 0.5) is 11.4 Å². The Labute approximate surface area is 185 Å². The van der Waals surface area contributed by atoms with Gasteiger partial charge in [0.15, 0.2) is 6.10 Å². The zero-order valence-corrected chi connectivity index (χ0v) is 17.9. The minimum atomic E-state index is -0.725. The molecule has 2 N–H and O–H groups in total. The normalized spacial score (nSPS) is 11.5. The number of benzene rings is 3. The first-order valence-corrected chi connectivity index (χ1v) is 9.98. The van der Waals surface area contributed by atoms with Crippen LogP contribution < -0.4 is 15.4 Å². The Bertz CT molecular complexity index is 1050. The number of halogens is 2. The summed E-state index contributed by atoms with van der Waals surface area (Å²) in [6.45, 7) is 3.52. The molecular weight excluding hydrogens is 423 g/mol. The summed E-state index contributed by atoms with van der Waals surface area (Å²) in [6, 6.07) is 18.6. The van der Waals surface area contributed by atoms with Gasteiger partial charge in [-0.15, -0.1) is 0 Å². The third kappa shape index (κ3) is 5.75. The fourth-order valence-electron chi connectivity index (χ4n) is 2.68. The first kappa shape index (κ1) is 21.7. The van der Waals surface area contributed by atoms with Gasteiger partial charge in [0.05, 0.1) is 0 Å². The molecule has 0 fully saturated rings. The lowest BCUT2D eigenvalue weighted by atomic mass is 10.1. The number of hydrogen-bond donors (Lipinski definition) is 2. The Balaban J connectivity index is 1.58. The molecule has 0 heterocycles. The van der Waals surface area contributed by atoms with E-state index in [1.807, 2.05) is 6.92 Å². The van der Waals surface area contributed by atoms with E-state index in [4.69, 9.17) is 27.9 Å². The average Bonchev–Trinajstić information content (AvgIpc) is 2.72. The van der Waals surface area contributed by atoms with Gasteiger partial charge in [0.25, 0.3) is 11.8 Å². The summed E-state index contributed by atoms with van der Waals surface area (Å²) in [6.07, 6.45) is -0.725. The van der Waals surface area contributed by atoms with E-state index in [0.29, 0.717) is 32.7 Å². The standard InChI is InChI=1S/C23H20Cl2N2O3/c1-14-13-18(25)7-12-21(14)27-23(29)16-3-10-20(11-4-16)30-15(2)22(28)26-19-8-5-17(24)6-9-19/h3-13,15H,1-2H3,(H,26,28)(H,27,29)/t15-/m0/s1. The highest BCUT2D eigenvalue weighted by atomic mass is 35.5. The molecule has 5 nitrogen and oxygen atoms in total. The first-order valence-electron chi connectivity index (χ1n) is 9.22. The molecule has 0 unspecified atom stereocenters. The molecule has 3 aromatic rings. The second-order valence-corrected chi connectivity index (χ2v) is 7.57. The lowest BCUT2D eigenvalue weighted by molar-refractivity contribution is -0.122. The molecular formula is C23H20Cl2N2O3. The Morgan fingerprint density at radius 1 is 0.867 bits per heavy atom. The lowest BCUT2D eigenvalue weighted by Crippen LogP contribution is -2.30. The van der Waals surface area contributed by atoms with E-state index < -0.39 is 6.10 Å². The topological polar surface area (TPSA) is 67.4 Å². The Kier molecular flexibility index (Phi) is 6.98. The molecule has 0 bridgehead atoms. The van der Waals surface area contributed by atoms with Crippen LogP contribution in [-0.2, 0) is 4.79 Å². The highest BCUT2D eigenvalue weighted by Crippen LogP contribution is 2.21. The minimum absolute atomic E-state index is 0.250. The van der Waals surface area contributed by atoms with Crippen LogP contribution in [0.15, 0.2) is 66.7 Å². The van der Waals surface area contributed by atoms with Gasteiger partial charge in [-0.3, -0.25) is 9.59 Å². The zero-order valence-electron chi connectivity index (χ0n) is 16.4. The highest BCUT2D eigenvalue weighted by molar-refractivity contribution is 6.31. The van der Waals surface area contributed by atoms with E-state index in [-0.39, 0.29) is 11.8 Å². The molecule has 3 aromatic carbocycles. The van der Waals surface area contributed by atoms with Gasteiger partial charge in [0, 0.05) is 27.0 Å². The van der Waals surface area contributed by atoms with Crippen LogP contribution in [0.5, 0.6) is 5.75 Å². The molecule has 0 radical (unpaired) electrons. The Hall–Kier alpha value is -3.02. The summed E-state index contributed by atoms with van der Waals surface area (Å²) in [4.78, 5) is 24.8. The molecule has 0 spiro atoms. The van der Waals surface area contributed by atoms with Gasteiger partial charge in [0.1, 0.15) is 5.75 Å². The van der Waals surface area contributed by atoms with Crippen molar-refractivity contribution in [2.75, 3.05) is 10.6 Å². The molecule has 0 saturated carbocycles. The number of nitrogens with one attached hydrogen (secondary N) is 2. The maximum Gasteiger partial charge on any atom is 0.265 e. The van der Waals surface area contributed by atoms with Crippen molar-refractivity contribution in [3.05, 3.63) is 87.9 Å². The second-order valence-electron chi connectivity index (χ2n) is 6.69. The highest BCUT2D eigenvalue weighted by Gasteiger charge is 2.15. The van der Waals surface area contributed by atoms with Crippen molar-refractivity contribution in [1.29, 1.82) is 0 Å². The van der Waals surface area contributed by atoms with Crippen molar-refractivity contribution in [2.45, 2.75) is 20.0 Å². The third-order valence-corrected chi connectivity index (χ3v) is 4.83. The molecule has 0 aromatic heterocycles. The van der Waals surface area contributed by atoms with E-state index in [9.17, 15) is 9.59 Å². The molecule has 0 saturated heterocycles. The van der Waals surface area contributed by atoms with Crippen LogP contribution in [0.3, 0.4) is 0 Å². The predicted octanol–water partition coefficient (Wildman–Crippen LogP) is 5.96. The van der Waals surface area contributed by atoms with Crippen molar-refractivity contribution in [1.82, 2.24) is 0 Å². The molecule has 0 aliphatic carbocycles. The summed E-state index contributed by atoms with van der Waals surface area (Å²) in [5.41, 5.74) is 2.66. The fourth-order valence-corrected chi connectivity index (χ4v) is 3.03. The number of rotatable bonds is 6. The van der Waals surface area contributed by atoms with Gasteiger partial charge >= 0.3 is 0 Å². The van der Waals surface area contributed by atoms with Gasteiger partial charge in [-0.05, 0) is 86.1 Å². The van der Waals surface area contributed by atoms with Crippen LogP contribution in [-0.4, -0.2) is 17.9 Å². The quantitative estimate of drug-likeness (QED) is 0.494. The lowest BCUT2D eigenvalue weighted by Gasteiger charge is -2.15. The number of ether oxygens (including phenoxy) is 1. The number of carbonyl (C=O) groups excluding carboxylic acids is 2. The van der Waals surface area contributed by atoms with Crippen molar-refractivity contribution < 1.29 is 14.3 Å². The number of hydrogen-bond acceptors (Lipinski definition) is 3. The maximum absolute atomic E-state index is 12.5. The summed E-state index contributed by atoms with van der Waals surface area (Å²) in [5.74, 6) is -0.0640. The Morgan fingerprint density at radius 2 is 1.50 bits per heavy atom. The second kappa shape index (κ2) is 9.65. The van der Waals surface area contributed by atoms with Crippen molar-refractivity contribution >= 4 is 46.4 Å². The van der Waals surface area contributed by atoms with Gasteiger partial charge in [0.2, 0.25) is 0 Å². The number of anilines is 2. The molecule has 154 valence electrons. The predicted molar refractivity (Wildman–Crippen MR) is 121 cm³/mol. The van der Waals surface area contributed by atoms with Crippen LogP contribution in [0.25, 0.3) is 0 Å². The molecule has 0 aliphatic rings. The SMILES string of the molecule is Cc1cc(Cl)ccc1NC(=O)c1ccc(O[C@@H](C)C(=O)Nc2ccc(Cl)cc2)cc1. The van der Waals surface area contributed by atoms with Crippen LogP contribution in [0.2, 0.25) is 10.0 Å². The summed E-state index contributed by atoms with van der Waals surface area (Å²) < 4.78 is 5.67. The van der Waals surface area contributed by atoms with Crippen molar-refractivity contribution in [3.63, 3.8) is 0 Å². The number of aryl methyl sites for hydroxylation is 1. The van der Waals surface area contributed by atoms with Gasteiger partial charge in [-0.1, -0.05) is 23.2 Å². The van der Waals surface area contributed by atoms with Gasteiger partial charge in [-0.25, -0.2) is 0 Å². The van der Waals surface area contributed by atoms with E-state index in [1.54, 1.807) is 73.7 Å². The maximum atomic E-state index is 12.5. The number of amides is 2. The fraction of sp³-hybridized carbons (Fsp3) is 0.130. The Morgan fingerprint density at radius 3 is 2.13 bits per heavy atom. The molecule has 30 heavy (non-hydrogen) atoms. The monoisotopic (exact) mass is 442 g/mol. The largest absolute Gasteiger partial charge is 0.481 e. The van der Waals surface area contributed by atoms with Crippen molar-refractivity contribution in [2.24, 2.45) is 0 Å². The number of carbonyl (C=O) groups is 2. The summed E-state index contributed by atoms with van der Waals surface area (Å²) in [7, 11) is 0. The van der Waals surface area contributed by atoms with Crippen LogP contribution >= 0.6 is 23.2 Å². The third-order valence-electron chi connectivity index (χ3n) is 4.35. The first-order chi connectivity index (χ1) is 14.3. The average molecular weight is 443 g/mol. The summed E-state index contributed by atoms with van der Waals surface area (Å²) in [5, 5.41) is 6.81. The van der Waals surface area contributed by atoms with E-state index in [2.05, 4.69) is 10.6 Å².